The number of nitrogens with zero attached hydrogens (tertiary/aromatic N) is 3. The van der Waals surface area contributed by atoms with E-state index in [1.165, 1.54) is 17.7 Å². The molecule has 2 aromatic heterocycles. The van der Waals surface area contributed by atoms with Crippen molar-refractivity contribution in [3.05, 3.63) is 162 Å². The first-order chi connectivity index (χ1) is 33.3. The van der Waals surface area contributed by atoms with E-state index in [2.05, 4.69) is 27.5 Å². The van der Waals surface area contributed by atoms with Gasteiger partial charge in [0, 0.05) is 24.7 Å². The van der Waals surface area contributed by atoms with Crippen molar-refractivity contribution in [2.45, 2.75) is 50.9 Å². The van der Waals surface area contributed by atoms with Crippen molar-refractivity contribution in [1.29, 1.82) is 0 Å². The van der Waals surface area contributed by atoms with Crippen molar-refractivity contribution in [2.75, 3.05) is 52.7 Å². The lowest BCUT2D eigenvalue weighted by Gasteiger charge is -2.17. The van der Waals surface area contributed by atoms with E-state index in [1.54, 1.807) is 61.5 Å². The molecule has 5 aromatic carbocycles. The Morgan fingerprint density at radius 1 is 0.638 bits per heavy atom. The van der Waals surface area contributed by atoms with Crippen molar-refractivity contribution in [2.24, 2.45) is 0 Å². The zero-order chi connectivity index (χ0) is 48.6. The Morgan fingerprint density at radius 3 is 2.00 bits per heavy atom. The van der Waals surface area contributed by atoms with Crippen LogP contribution in [0.3, 0.4) is 0 Å². The third-order valence-corrected chi connectivity index (χ3v) is 10.5. The summed E-state index contributed by atoms with van der Waals surface area (Å²) in [6, 6.07) is 39.8. The number of aromatic nitrogens is 3. The Morgan fingerprint density at radius 2 is 1.30 bits per heavy atom. The molecule has 2 N–H and O–H groups in total. The predicted octanol–water partition coefficient (Wildman–Crippen LogP) is 10.5. The first-order valence-corrected chi connectivity index (χ1v) is 22.4. The Bertz CT molecular complexity index is 2650. The number of fused-ring (bicyclic) bond motifs is 1. The van der Waals surface area contributed by atoms with Gasteiger partial charge in [0.15, 0.2) is 22.8 Å². The molecule has 0 bridgehead atoms. The number of hydrogen-bond donors (Lipinski definition) is 2. The fourth-order valence-corrected chi connectivity index (χ4v) is 7.18. The Kier molecular flexibility index (Phi) is 17.5. The largest absolute Gasteiger partial charge is 0.491 e. The van der Waals surface area contributed by atoms with Gasteiger partial charge in [-0.25, -0.2) is 9.50 Å². The molecule has 0 saturated carbocycles. The van der Waals surface area contributed by atoms with Crippen LogP contribution >= 0.6 is 0 Å². The van der Waals surface area contributed by atoms with E-state index in [0.717, 1.165) is 18.4 Å². The monoisotopic (exact) mass is 958 g/mol. The molecule has 0 aliphatic rings. The number of alkyl halides is 6. The van der Waals surface area contributed by atoms with E-state index in [0.29, 0.717) is 66.0 Å². The maximum Gasteiger partial charge on any atom is 0.433 e. The highest BCUT2D eigenvalue weighted by Gasteiger charge is 2.41. The molecule has 1 unspecified atom stereocenters. The molecule has 7 rings (SSSR count). The molecular weight excluding hydrogens is 907 g/mol. The van der Waals surface area contributed by atoms with Gasteiger partial charge in [0.1, 0.15) is 48.3 Å². The summed E-state index contributed by atoms with van der Waals surface area (Å²) in [5, 5.41) is 17.9. The lowest BCUT2D eigenvalue weighted by atomic mass is 10.0. The summed E-state index contributed by atoms with van der Waals surface area (Å²) in [6.07, 6.45) is -9.80. The van der Waals surface area contributed by atoms with Crippen LogP contribution in [0.1, 0.15) is 35.9 Å². The van der Waals surface area contributed by atoms with Crippen LogP contribution in [-0.4, -0.2) is 84.6 Å². The number of aliphatic hydroxyl groups excluding tert-OH is 1. The van der Waals surface area contributed by atoms with Crippen LogP contribution in [0, 0.1) is 0 Å². The van der Waals surface area contributed by atoms with Crippen LogP contribution in [0.25, 0.3) is 28.0 Å². The van der Waals surface area contributed by atoms with E-state index in [-0.39, 0.29) is 49.3 Å². The molecule has 17 heteroatoms. The minimum Gasteiger partial charge on any atom is -0.491 e. The SMILES string of the molecule is CC(COCCOCCNC[C@@H](O)COc1ccc(OCc2ccccc2)c(OCCCc2ccccc2)c1)Oc1ccc(-c2c(-c3ccccc3)nn3c(C(F)(F)F)cc(C(F)(F)F)nc23)cc1. The van der Waals surface area contributed by atoms with Crippen LogP contribution < -0.4 is 24.3 Å². The number of benzene rings is 5. The zero-order valence-electron chi connectivity index (χ0n) is 37.7. The summed E-state index contributed by atoms with van der Waals surface area (Å²) < 4.78 is 120. The lowest BCUT2D eigenvalue weighted by Crippen LogP contribution is -2.33. The van der Waals surface area contributed by atoms with Crippen molar-refractivity contribution in [3.63, 3.8) is 0 Å². The summed E-state index contributed by atoms with van der Waals surface area (Å²) in [5.41, 5.74) is -0.921. The van der Waals surface area contributed by atoms with Crippen LogP contribution in [0.15, 0.2) is 140 Å². The Balaban J connectivity index is 0.818. The fraction of sp³-hybridized carbons (Fsp3) is 0.308. The van der Waals surface area contributed by atoms with Gasteiger partial charge in [-0.15, -0.1) is 0 Å². The second-order valence-electron chi connectivity index (χ2n) is 16.0. The second kappa shape index (κ2) is 24.1. The molecule has 2 atom stereocenters. The molecule has 2 heterocycles. The summed E-state index contributed by atoms with van der Waals surface area (Å²) in [6.45, 7) is 4.62. The minimum absolute atomic E-state index is 0.00456. The molecule has 0 radical (unpaired) electrons. The number of aliphatic hydroxyl groups is 1. The van der Waals surface area contributed by atoms with Gasteiger partial charge in [-0.05, 0) is 66.8 Å². The summed E-state index contributed by atoms with van der Waals surface area (Å²) in [4.78, 5) is 3.63. The summed E-state index contributed by atoms with van der Waals surface area (Å²) >= 11 is 0. The molecule has 7 aromatic rings. The van der Waals surface area contributed by atoms with Gasteiger partial charge < -0.3 is 38.8 Å². The zero-order valence-corrected chi connectivity index (χ0v) is 37.7. The molecule has 0 aliphatic carbocycles. The molecular formula is C52H52F6N4O7. The maximum absolute atomic E-state index is 14.1. The third kappa shape index (κ3) is 14.7. The van der Waals surface area contributed by atoms with Crippen LogP contribution in [0.2, 0.25) is 0 Å². The maximum atomic E-state index is 14.1. The molecule has 0 spiro atoms. The fourth-order valence-electron chi connectivity index (χ4n) is 7.18. The van der Waals surface area contributed by atoms with E-state index >= 15 is 0 Å². The molecule has 0 fully saturated rings. The summed E-state index contributed by atoms with van der Waals surface area (Å²) in [5.74, 6) is 2.09. The van der Waals surface area contributed by atoms with Crippen LogP contribution in [0.5, 0.6) is 23.0 Å². The number of ether oxygens (including phenoxy) is 6. The van der Waals surface area contributed by atoms with Crippen molar-refractivity contribution in [1.82, 2.24) is 19.9 Å². The number of aryl methyl sites for hydroxylation is 1. The predicted molar refractivity (Wildman–Crippen MR) is 247 cm³/mol. The molecule has 364 valence electrons. The van der Waals surface area contributed by atoms with Gasteiger partial charge in [-0.3, -0.25) is 0 Å². The van der Waals surface area contributed by atoms with Gasteiger partial charge in [0.25, 0.3) is 0 Å². The summed E-state index contributed by atoms with van der Waals surface area (Å²) in [7, 11) is 0. The van der Waals surface area contributed by atoms with E-state index in [4.69, 9.17) is 28.4 Å². The van der Waals surface area contributed by atoms with Gasteiger partial charge >= 0.3 is 12.4 Å². The highest BCUT2D eigenvalue weighted by atomic mass is 19.4. The third-order valence-electron chi connectivity index (χ3n) is 10.5. The molecule has 0 aliphatic heterocycles. The van der Waals surface area contributed by atoms with Gasteiger partial charge in [0.05, 0.1) is 38.6 Å². The molecule has 11 nitrogen and oxygen atoms in total. The van der Waals surface area contributed by atoms with E-state index < -0.39 is 41.6 Å². The number of nitrogens with one attached hydrogen (secondary N) is 1. The Labute approximate surface area is 395 Å². The first-order valence-electron chi connectivity index (χ1n) is 22.4. The normalized spacial score (nSPS) is 12.8. The second-order valence-corrected chi connectivity index (χ2v) is 16.0. The first kappa shape index (κ1) is 50.2. The number of halogens is 6. The minimum atomic E-state index is -5.15. The van der Waals surface area contributed by atoms with Gasteiger partial charge in [-0.1, -0.05) is 103 Å². The van der Waals surface area contributed by atoms with Crippen molar-refractivity contribution >= 4 is 5.65 Å². The number of rotatable bonds is 25. The van der Waals surface area contributed by atoms with Crippen molar-refractivity contribution < 1.29 is 59.9 Å². The van der Waals surface area contributed by atoms with Gasteiger partial charge in [-0.2, -0.15) is 31.4 Å². The smallest absolute Gasteiger partial charge is 0.433 e. The van der Waals surface area contributed by atoms with Crippen molar-refractivity contribution in [3.8, 4) is 45.4 Å². The molecule has 0 saturated heterocycles. The lowest BCUT2D eigenvalue weighted by molar-refractivity contribution is -0.148. The quantitative estimate of drug-likeness (QED) is 0.0424. The topological polar surface area (TPSA) is 118 Å². The number of hydrogen-bond acceptors (Lipinski definition) is 10. The molecule has 0 amide bonds. The highest BCUT2D eigenvalue weighted by molar-refractivity contribution is 5.90. The average molecular weight is 959 g/mol. The van der Waals surface area contributed by atoms with Crippen LogP contribution in [-0.2, 0) is 34.9 Å². The Hall–Kier alpha value is -6.66. The molecule has 69 heavy (non-hydrogen) atoms. The standard InChI is InChI=1S/C52H52F6N4O7/c1-36(69-42-21-19-39(20-22-42)48-49(40-17-9-4-10-18-40)61-62-47(52(56,57)58)31-46(51(53,54)55)60-50(48)62)33-65-29-28-64-27-25-59-32-41(63)35-67-43-23-24-44(68-34-38-14-7-3-8-15-38)45(30-43)66-26-11-16-37-12-5-2-6-13-37/h2-10,12-15,17-24,30-31,36,41,59,63H,11,16,25-29,32-35H2,1H3/t36?,41-/m1/s1. The van der Waals surface area contributed by atoms with E-state index in [9.17, 15) is 31.4 Å². The average Bonchev–Trinajstić information content (AvgIpc) is 3.74. The van der Waals surface area contributed by atoms with Crippen LogP contribution in [0.4, 0.5) is 26.3 Å². The highest BCUT2D eigenvalue weighted by Crippen LogP contribution is 2.41. The van der Waals surface area contributed by atoms with Gasteiger partial charge in [0.2, 0.25) is 0 Å². The van der Waals surface area contributed by atoms with E-state index in [1.807, 2.05) is 54.6 Å².